The molecule has 1 N–H and O–H groups in total. The highest BCUT2D eigenvalue weighted by molar-refractivity contribution is 5.57. The van der Waals surface area contributed by atoms with Crippen LogP contribution in [0, 0.1) is 5.82 Å². The normalized spacial score (nSPS) is 11.9. The third-order valence-electron chi connectivity index (χ3n) is 2.64. The lowest BCUT2D eigenvalue weighted by molar-refractivity contribution is -0.139. The fourth-order valence-electron chi connectivity index (χ4n) is 1.63. The van der Waals surface area contributed by atoms with Gasteiger partial charge in [0.15, 0.2) is 11.6 Å². The van der Waals surface area contributed by atoms with E-state index in [1.807, 2.05) is 0 Å². The predicted octanol–water partition coefficient (Wildman–Crippen LogP) is 2.13. The van der Waals surface area contributed by atoms with Crippen molar-refractivity contribution >= 4 is 0 Å². The number of hydrogen-bond acceptors (Lipinski definition) is 3. The standard InChI is InChI=1S/C11H9F4N3O/c1-18-9(5-19)16-17-10(18)6-2-3-8(12)7(4-6)11(13,14)15/h2-4,19H,5H2,1H3. The predicted molar refractivity (Wildman–Crippen MR) is 57.3 cm³/mol. The van der Waals surface area contributed by atoms with Crippen molar-refractivity contribution in [2.24, 2.45) is 7.05 Å². The van der Waals surface area contributed by atoms with Gasteiger partial charge in [-0.3, -0.25) is 0 Å². The highest BCUT2D eigenvalue weighted by Crippen LogP contribution is 2.33. The molecule has 0 saturated carbocycles. The smallest absolute Gasteiger partial charge is 0.388 e. The number of hydrogen-bond donors (Lipinski definition) is 1. The lowest BCUT2D eigenvalue weighted by atomic mass is 10.1. The molecule has 2 rings (SSSR count). The second-order valence-corrected chi connectivity index (χ2v) is 3.85. The molecule has 0 spiro atoms. The summed E-state index contributed by atoms with van der Waals surface area (Å²) >= 11 is 0. The summed E-state index contributed by atoms with van der Waals surface area (Å²) in [5, 5.41) is 16.2. The maximum atomic E-state index is 13.2. The van der Waals surface area contributed by atoms with Crippen molar-refractivity contribution < 1.29 is 22.7 Å². The van der Waals surface area contributed by atoms with Gasteiger partial charge in [0.25, 0.3) is 0 Å². The van der Waals surface area contributed by atoms with E-state index in [0.717, 1.165) is 6.07 Å². The van der Waals surface area contributed by atoms with Gasteiger partial charge in [0, 0.05) is 12.6 Å². The molecule has 0 fully saturated rings. The second kappa shape index (κ2) is 4.61. The second-order valence-electron chi connectivity index (χ2n) is 3.85. The van der Waals surface area contributed by atoms with Crippen LogP contribution in [0.15, 0.2) is 18.2 Å². The topological polar surface area (TPSA) is 50.9 Å². The summed E-state index contributed by atoms with van der Waals surface area (Å²) in [5.41, 5.74) is -1.29. The fraction of sp³-hybridized carbons (Fsp3) is 0.273. The summed E-state index contributed by atoms with van der Waals surface area (Å²) in [5.74, 6) is -1.02. The van der Waals surface area contributed by atoms with Crippen LogP contribution >= 0.6 is 0 Å². The Balaban J connectivity index is 2.55. The number of nitrogens with zero attached hydrogens (tertiary/aromatic N) is 3. The van der Waals surface area contributed by atoms with Gasteiger partial charge in [-0.1, -0.05) is 0 Å². The molecule has 102 valence electrons. The SMILES string of the molecule is Cn1c(CO)nnc1-c1ccc(F)c(C(F)(F)F)c1. The van der Waals surface area contributed by atoms with Gasteiger partial charge in [0.05, 0.1) is 5.56 Å². The van der Waals surface area contributed by atoms with Gasteiger partial charge in [0.2, 0.25) is 0 Å². The third-order valence-corrected chi connectivity index (χ3v) is 2.64. The molecule has 1 aromatic carbocycles. The van der Waals surface area contributed by atoms with Crippen molar-refractivity contribution in [1.29, 1.82) is 0 Å². The molecule has 1 aromatic heterocycles. The summed E-state index contributed by atoms with van der Waals surface area (Å²) in [4.78, 5) is 0. The Morgan fingerprint density at radius 1 is 1.26 bits per heavy atom. The third kappa shape index (κ3) is 2.43. The molecule has 2 aromatic rings. The minimum absolute atomic E-state index is 0.0726. The molecule has 0 aliphatic carbocycles. The summed E-state index contributed by atoms with van der Waals surface area (Å²) in [6.45, 7) is -0.392. The first-order chi connectivity index (χ1) is 8.84. The Morgan fingerprint density at radius 2 is 1.95 bits per heavy atom. The molecule has 0 bridgehead atoms. The van der Waals surface area contributed by atoms with Gasteiger partial charge in [-0.2, -0.15) is 13.2 Å². The van der Waals surface area contributed by atoms with Crippen LogP contribution in [0.4, 0.5) is 17.6 Å². The first-order valence-electron chi connectivity index (χ1n) is 5.21. The molecule has 8 heteroatoms. The molecule has 0 saturated heterocycles. The van der Waals surface area contributed by atoms with Crippen LogP contribution in [-0.4, -0.2) is 19.9 Å². The van der Waals surface area contributed by atoms with Crippen LogP contribution in [0.5, 0.6) is 0 Å². The quantitative estimate of drug-likeness (QED) is 0.854. The average Bonchev–Trinajstić information content (AvgIpc) is 2.70. The van der Waals surface area contributed by atoms with E-state index in [-0.39, 0.29) is 17.2 Å². The van der Waals surface area contributed by atoms with E-state index in [4.69, 9.17) is 5.11 Å². The van der Waals surface area contributed by atoms with Gasteiger partial charge in [-0.25, -0.2) is 4.39 Å². The first kappa shape index (κ1) is 13.5. The fourth-order valence-corrected chi connectivity index (χ4v) is 1.63. The zero-order valence-electron chi connectivity index (χ0n) is 9.74. The van der Waals surface area contributed by atoms with Crippen molar-refractivity contribution in [2.45, 2.75) is 12.8 Å². The molecular formula is C11H9F4N3O. The van der Waals surface area contributed by atoms with Crippen LogP contribution in [0.25, 0.3) is 11.4 Å². The van der Waals surface area contributed by atoms with E-state index < -0.39 is 24.2 Å². The van der Waals surface area contributed by atoms with E-state index in [1.165, 1.54) is 17.7 Å². The monoisotopic (exact) mass is 275 g/mol. The molecule has 0 radical (unpaired) electrons. The Hall–Kier alpha value is -1.96. The van der Waals surface area contributed by atoms with Crippen LogP contribution in [0.2, 0.25) is 0 Å². The summed E-state index contributed by atoms with van der Waals surface area (Å²) in [6.07, 6.45) is -4.78. The first-order valence-corrected chi connectivity index (χ1v) is 5.21. The van der Waals surface area contributed by atoms with E-state index in [1.54, 1.807) is 0 Å². The molecule has 19 heavy (non-hydrogen) atoms. The summed E-state index contributed by atoms with van der Waals surface area (Å²) < 4.78 is 52.3. The number of benzene rings is 1. The van der Waals surface area contributed by atoms with Gasteiger partial charge in [-0.15, -0.1) is 10.2 Å². The molecule has 1 heterocycles. The maximum absolute atomic E-state index is 13.2. The minimum Gasteiger partial charge on any atom is -0.388 e. The van der Waals surface area contributed by atoms with Gasteiger partial charge in [-0.05, 0) is 18.2 Å². The Bertz CT molecular complexity index is 606. The van der Waals surface area contributed by atoms with Crippen LogP contribution < -0.4 is 0 Å². The Kier molecular flexibility index (Phi) is 3.27. The van der Waals surface area contributed by atoms with Crippen LogP contribution in [0.3, 0.4) is 0 Å². The van der Waals surface area contributed by atoms with Gasteiger partial charge < -0.3 is 9.67 Å². The zero-order valence-corrected chi connectivity index (χ0v) is 9.74. The van der Waals surface area contributed by atoms with E-state index >= 15 is 0 Å². The van der Waals surface area contributed by atoms with Gasteiger partial charge in [0.1, 0.15) is 12.4 Å². The zero-order chi connectivity index (χ0) is 14.2. The number of aromatic nitrogens is 3. The number of rotatable bonds is 2. The number of aliphatic hydroxyl groups is 1. The van der Waals surface area contributed by atoms with E-state index in [2.05, 4.69) is 10.2 Å². The molecule has 0 atom stereocenters. The Labute approximate surface area is 105 Å². The van der Waals surface area contributed by atoms with Crippen molar-refractivity contribution in [3.05, 3.63) is 35.4 Å². The summed E-state index contributed by atoms with van der Waals surface area (Å²) in [7, 11) is 1.50. The molecular weight excluding hydrogens is 266 g/mol. The molecule has 0 aliphatic heterocycles. The summed E-state index contributed by atoms with van der Waals surface area (Å²) in [6, 6.07) is 2.57. The van der Waals surface area contributed by atoms with Crippen molar-refractivity contribution in [3.8, 4) is 11.4 Å². The molecule has 4 nitrogen and oxygen atoms in total. The number of aliphatic hydroxyl groups excluding tert-OH is 1. The van der Waals surface area contributed by atoms with Crippen LogP contribution in [-0.2, 0) is 19.8 Å². The lowest BCUT2D eigenvalue weighted by Crippen LogP contribution is -2.08. The van der Waals surface area contributed by atoms with Crippen molar-refractivity contribution in [2.75, 3.05) is 0 Å². The number of halogens is 4. The maximum Gasteiger partial charge on any atom is 0.419 e. The van der Waals surface area contributed by atoms with E-state index in [9.17, 15) is 17.6 Å². The van der Waals surface area contributed by atoms with Gasteiger partial charge >= 0.3 is 6.18 Å². The van der Waals surface area contributed by atoms with Crippen LogP contribution in [0.1, 0.15) is 11.4 Å². The average molecular weight is 275 g/mol. The molecule has 0 aliphatic rings. The largest absolute Gasteiger partial charge is 0.419 e. The van der Waals surface area contributed by atoms with E-state index in [0.29, 0.717) is 6.07 Å². The van der Waals surface area contributed by atoms with Crippen molar-refractivity contribution in [3.63, 3.8) is 0 Å². The highest BCUT2D eigenvalue weighted by atomic mass is 19.4. The molecule has 0 unspecified atom stereocenters. The number of alkyl halides is 3. The minimum atomic E-state index is -4.78. The lowest BCUT2D eigenvalue weighted by Gasteiger charge is -2.10. The molecule has 0 amide bonds. The van der Waals surface area contributed by atoms with Crippen molar-refractivity contribution in [1.82, 2.24) is 14.8 Å². The Morgan fingerprint density at radius 3 is 2.47 bits per heavy atom. The highest BCUT2D eigenvalue weighted by Gasteiger charge is 2.34.